The molecule has 3 aromatic rings. The van der Waals surface area contributed by atoms with Crippen molar-refractivity contribution < 1.29 is 18.0 Å². The highest BCUT2D eigenvalue weighted by molar-refractivity contribution is 7.13. The lowest BCUT2D eigenvalue weighted by Gasteiger charge is -2.11. The van der Waals surface area contributed by atoms with Crippen LogP contribution in [0.4, 0.5) is 30.5 Å². The van der Waals surface area contributed by atoms with Crippen LogP contribution >= 0.6 is 11.3 Å². The predicted octanol–water partition coefficient (Wildman–Crippen LogP) is 4.32. The standard InChI is InChI=1S/C16H12F3N5OS/c1-9(25)22-11-5-12(13-7-20-8-26-13)23-15(6-11)24-14-4-10(2-3-21-14)16(17,18)19/h2-8H,1H3,(H2,21,22,23,24,25). The highest BCUT2D eigenvalue weighted by atomic mass is 32.1. The van der Waals surface area contributed by atoms with Gasteiger partial charge in [-0.2, -0.15) is 13.2 Å². The van der Waals surface area contributed by atoms with Crippen molar-refractivity contribution in [3.63, 3.8) is 0 Å². The molecule has 1 amide bonds. The molecule has 0 aliphatic rings. The third-order valence-corrected chi connectivity index (χ3v) is 3.97. The molecule has 10 heteroatoms. The third-order valence-electron chi connectivity index (χ3n) is 3.17. The summed E-state index contributed by atoms with van der Waals surface area (Å²) in [6, 6.07) is 4.93. The van der Waals surface area contributed by atoms with Crippen LogP contribution in [0.1, 0.15) is 12.5 Å². The number of rotatable bonds is 4. The van der Waals surface area contributed by atoms with E-state index in [1.54, 1.807) is 17.8 Å². The van der Waals surface area contributed by atoms with Gasteiger partial charge in [-0.1, -0.05) is 0 Å². The van der Waals surface area contributed by atoms with Gasteiger partial charge in [-0.3, -0.25) is 9.78 Å². The molecule has 0 atom stereocenters. The van der Waals surface area contributed by atoms with Gasteiger partial charge >= 0.3 is 6.18 Å². The van der Waals surface area contributed by atoms with Crippen molar-refractivity contribution >= 4 is 34.6 Å². The van der Waals surface area contributed by atoms with Crippen molar-refractivity contribution in [2.75, 3.05) is 10.6 Å². The second kappa shape index (κ2) is 7.08. The molecular weight excluding hydrogens is 367 g/mol. The van der Waals surface area contributed by atoms with Crippen LogP contribution in [0.25, 0.3) is 10.6 Å². The summed E-state index contributed by atoms with van der Waals surface area (Å²) in [4.78, 5) is 24.3. The summed E-state index contributed by atoms with van der Waals surface area (Å²) in [6.45, 7) is 1.36. The van der Waals surface area contributed by atoms with Crippen LogP contribution in [0.5, 0.6) is 0 Å². The molecule has 0 aliphatic carbocycles. The normalized spacial score (nSPS) is 11.2. The van der Waals surface area contributed by atoms with Crippen molar-refractivity contribution in [1.82, 2.24) is 15.0 Å². The van der Waals surface area contributed by atoms with E-state index in [4.69, 9.17) is 0 Å². The summed E-state index contributed by atoms with van der Waals surface area (Å²) < 4.78 is 38.5. The van der Waals surface area contributed by atoms with E-state index in [9.17, 15) is 18.0 Å². The van der Waals surface area contributed by atoms with E-state index in [-0.39, 0.29) is 17.5 Å². The molecule has 6 nitrogen and oxygen atoms in total. The number of amides is 1. The van der Waals surface area contributed by atoms with Crippen LogP contribution in [-0.4, -0.2) is 20.9 Å². The fourth-order valence-corrected chi connectivity index (χ4v) is 2.73. The maximum absolute atomic E-state index is 12.8. The lowest BCUT2D eigenvalue weighted by molar-refractivity contribution is -0.137. The maximum Gasteiger partial charge on any atom is 0.416 e. The van der Waals surface area contributed by atoms with Gasteiger partial charge in [-0.05, 0) is 18.2 Å². The number of halogens is 3. The van der Waals surface area contributed by atoms with Crippen molar-refractivity contribution in [3.8, 4) is 10.6 Å². The number of hydrogen-bond acceptors (Lipinski definition) is 6. The van der Waals surface area contributed by atoms with E-state index in [0.29, 0.717) is 11.4 Å². The fraction of sp³-hybridized carbons (Fsp3) is 0.125. The van der Waals surface area contributed by atoms with Crippen LogP contribution in [0, 0.1) is 0 Å². The number of carbonyl (C=O) groups excluding carboxylic acids is 1. The zero-order valence-electron chi connectivity index (χ0n) is 13.3. The Labute approximate surface area is 150 Å². The first-order valence-electron chi connectivity index (χ1n) is 7.30. The van der Waals surface area contributed by atoms with Crippen molar-refractivity contribution in [3.05, 3.63) is 47.7 Å². The Morgan fingerprint density at radius 1 is 1.19 bits per heavy atom. The molecule has 0 radical (unpaired) electrons. The fourth-order valence-electron chi connectivity index (χ4n) is 2.14. The van der Waals surface area contributed by atoms with Gasteiger partial charge in [0.2, 0.25) is 5.91 Å². The van der Waals surface area contributed by atoms with E-state index in [1.807, 2.05) is 0 Å². The number of carbonyl (C=O) groups is 1. The first-order valence-corrected chi connectivity index (χ1v) is 8.18. The summed E-state index contributed by atoms with van der Waals surface area (Å²) in [5.74, 6) is -0.0522. The van der Waals surface area contributed by atoms with E-state index in [1.165, 1.54) is 24.3 Å². The zero-order valence-corrected chi connectivity index (χ0v) is 14.1. The SMILES string of the molecule is CC(=O)Nc1cc(Nc2cc(C(F)(F)F)ccn2)nc(-c2cncs2)c1. The van der Waals surface area contributed by atoms with Crippen molar-refractivity contribution in [2.24, 2.45) is 0 Å². The molecule has 0 aromatic carbocycles. The average Bonchev–Trinajstić information content (AvgIpc) is 3.08. The Balaban J connectivity index is 1.96. The van der Waals surface area contributed by atoms with E-state index in [2.05, 4.69) is 25.6 Å². The predicted molar refractivity (Wildman–Crippen MR) is 92.2 cm³/mol. The smallest absolute Gasteiger partial charge is 0.326 e. The molecule has 134 valence electrons. The number of nitrogens with one attached hydrogen (secondary N) is 2. The minimum atomic E-state index is -4.47. The molecule has 0 unspecified atom stereocenters. The Hall–Kier alpha value is -3.01. The Morgan fingerprint density at radius 2 is 2.00 bits per heavy atom. The maximum atomic E-state index is 12.8. The number of anilines is 3. The molecule has 0 spiro atoms. The number of hydrogen-bond donors (Lipinski definition) is 2. The van der Waals surface area contributed by atoms with Crippen LogP contribution in [0.3, 0.4) is 0 Å². The molecular formula is C16H12F3N5OS. The van der Waals surface area contributed by atoms with Gasteiger partial charge in [0.1, 0.15) is 11.6 Å². The highest BCUT2D eigenvalue weighted by Crippen LogP contribution is 2.31. The number of aromatic nitrogens is 3. The Bertz CT molecular complexity index is 928. The molecule has 0 fully saturated rings. The van der Waals surface area contributed by atoms with Crippen LogP contribution in [0.2, 0.25) is 0 Å². The average molecular weight is 379 g/mol. The van der Waals surface area contributed by atoms with Crippen molar-refractivity contribution in [2.45, 2.75) is 13.1 Å². The topological polar surface area (TPSA) is 79.8 Å². The monoisotopic (exact) mass is 379 g/mol. The van der Waals surface area contributed by atoms with Crippen molar-refractivity contribution in [1.29, 1.82) is 0 Å². The zero-order chi connectivity index (χ0) is 18.7. The minimum Gasteiger partial charge on any atom is -0.326 e. The summed E-state index contributed by atoms with van der Waals surface area (Å²) in [6.07, 6.45) is -1.80. The van der Waals surface area contributed by atoms with Crippen LogP contribution in [-0.2, 0) is 11.0 Å². The number of thiazole rings is 1. The third kappa shape index (κ3) is 4.33. The molecule has 3 rings (SSSR count). The molecule has 2 N–H and O–H groups in total. The van der Waals surface area contributed by atoms with Gasteiger partial charge in [0, 0.05) is 31.1 Å². The lowest BCUT2D eigenvalue weighted by Crippen LogP contribution is -2.08. The second-order valence-electron chi connectivity index (χ2n) is 5.23. The Kier molecular flexibility index (Phi) is 4.85. The summed E-state index contributed by atoms with van der Waals surface area (Å²) in [5.41, 5.74) is 1.78. The van der Waals surface area contributed by atoms with E-state index < -0.39 is 11.7 Å². The summed E-state index contributed by atoms with van der Waals surface area (Å²) in [7, 11) is 0. The van der Waals surface area contributed by atoms with Gasteiger partial charge in [-0.15, -0.1) is 11.3 Å². The lowest BCUT2D eigenvalue weighted by atomic mass is 10.2. The highest BCUT2D eigenvalue weighted by Gasteiger charge is 2.30. The molecule has 0 bridgehead atoms. The van der Waals surface area contributed by atoms with Gasteiger partial charge < -0.3 is 10.6 Å². The van der Waals surface area contributed by atoms with Crippen LogP contribution in [0.15, 0.2) is 42.2 Å². The van der Waals surface area contributed by atoms with Crippen LogP contribution < -0.4 is 10.6 Å². The van der Waals surface area contributed by atoms with Gasteiger partial charge in [0.05, 0.1) is 21.6 Å². The summed E-state index contributed by atoms with van der Waals surface area (Å²) in [5, 5.41) is 5.38. The quantitative estimate of drug-likeness (QED) is 0.706. The second-order valence-corrected chi connectivity index (χ2v) is 6.11. The first kappa shape index (κ1) is 17.8. The largest absolute Gasteiger partial charge is 0.416 e. The number of alkyl halides is 3. The molecule has 26 heavy (non-hydrogen) atoms. The number of nitrogens with zero attached hydrogens (tertiary/aromatic N) is 3. The number of pyridine rings is 2. The van der Waals surface area contributed by atoms with Gasteiger partial charge in [0.25, 0.3) is 0 Å². The molecule has 3 heterocycles. The van der Waals surface area contributed by atoms with Gasteiger partial charge in [0.15, 0.2) is 0 Å². The van der Waals surface area contributed by atoms with E-state index >= 15 is 0 Å². The Morgan fingerprint density at radius 3 is 2.65 bits per heavy atom. The first-order chi connectivity index (χ1) is 12.3. The molecule has 3 aromatic heterocycles. The summed E-state index contributed by atoms with van der Waals surface area (Å²) >= 11 is 1.35. The minimum absolute atomic E-state index is 0.0115. The molecule has 0 saturated carbocycles. The molecule has 0 saturated heterocycles. The van der Waals surface area contributed by atoms with Gasteiger partial charge in [-0.25, -0.2) is 9.97 Å². The van der Waals surface area contributed by atoms with E-state index in [0.717, 1.165) is 23.2 Å². The molecule has 0 aliphatic heterocycles.